The van der Waals surface area contributed by atoms with Gasteiger partial charge in [0.25, 0.3) is 0 Å². The van der Waals surface area contributed by atoms with Gasteiger partial charge < -0.3 is 5.32 Å². The van der Waals surface area contributed by atoms with Crippen molar-refractivity contribution in [1.82, 2.24) is 9.88 Å². The lowest BCUT2D eigenvalue weighted by atomic mass is 10.1. The van der Waals surface area contributed by atoms with Gasteiger partial charge in [-0.1, -0.05) is 30.3 Å². The maximum Gasteiger partial charge on any atom is 0.126 e. The van der Waals surface area contributed by atoms with E-state index >= 15 is 0 Å². The van der Waals surface area contributed by atoms with Gasteiger partial charge in [0.05, 0.1) is 5.69 Å². The Bertz CT molecular complexity index is 551. The minimum Gasteiger partial charge on any atom is -0.370 e. The number of rotatable bonds is 6. The minimum absolute atomic E-state index is 0.855. The van der Waals surface area contributed by atoms with Crippen LogP contribution in [0.4, 0.5) is 5.82 Å². The van der Waals surface area contributed by atoms with Gasteiger partial charge in [0.1, 0.15) is 5.82 Å². The first-order valence-corrected chi connectivity index (χ1v) is 7.12. The average Bonchev–Trinajstić information content (AvgIpc) is 2.42. The third-order valence-electron chi connectivity index (χ3n) is 3.30. The number of nitrogens with zero attached hydrogens (tertiary/aromatic N) is 2. The van der Waals surface area contributed by atoms with E-state index in [1.807, 2.05) is 6.07 Å². The van der Waals surface area contributed by atoms with Crippen LogP contribution in [0.15, 0.2) is 42.5 Å². The quantitative estimate of drug-likeness (QED) is 0.870. The van der Waals surface area contributed by atoms with Crippen LogP contribution in [0.1, 0.15) is 23.7 Å². The molecule has 0 spiro atoms. The number of benzene rings is 1. The second kappa shape index (κ2) is 7.06. The first kappa shape index (κ1) is 14.5. The molecule has 2 rings (SSSR count). The highest BCUT2D eigenvalue weighted by atomic mass is 15.1. The minimum atomic E-state index is 0.855. The molecular formula is C17H23N3. The number of hydrogen-bond donors (Lipinski definition) is 1. The summed E-state index contributed by atoms with van der Waals surface area (Å²) in [7, 11) is 2.13. The molecular weight excluding hydrogens is 246 g/mol. The van der Waals surface area contributed by atoms with Crippen LogP contribution in [-0.4, -0.2) is 23.5 Å². The Kier molecular flexibility index (Phi) is 5.13. The number of hydrogen-bond acceptors (Lipinski definition) is 3. The summed E-state index contributed by atoms with van der Waals surface area (Å²) >= 11 is 0. The number of nitrogens with one attached hydrogen (secondary N) is 1. The van der Waals surface area contributed by atoms with Crippen LogP contribution in [0, 0.1) is 6.92 Å². The molecule has 1 heterocycles. The molecule has 106 valence electrons. The zero-order chi connectivity index (χ0) is 14.4. The standard InChI is InChI=1S/C17H23N3/c1-4-18-17-11-7-10-16(19-17)13-20(3)12-15-9-6-5-8-14(15)2/h5-11H,4,12-13H2,1-3H3,(H,18,19). The third kappa shape index (κ3) is 4.07. The molecule has 0 saturated heterocycles. The molecule has 0 aliphatic carbocycles. The predicted molar refractivity (Wildman–Crippen MR) is 84.8 cm³/mol. The largest absolute Gasteiger partial charge is 0.370 e. The van der Waals surface area contributed by atoms with Crippen molar-refractivity contribution in [2.24, 2.45) is 0 Å². The number of aryl methyl sites for hydroxylation is 1. The molecule has 0 atom stereocenters. The van der Waals surface area contributed by atoms with Gasteiger partial charge in [-0.05, 0) is 44.2 Å². The first-order valence-electron chi connectivity index (χ1n) is 7.12. The Hall–Kier alpha value is -1.87. The Labute approximate surface area is 121 Å². The van der Waals surface area contributed by atoms with E-state index in [4.69, 9.17) is 0 Å². The molecule has 0 aliphatic rings. The summed E-state index contributed by atoms with van der Waals surface area (Å²) < 4.78 is 0. The van der Waals surface area contributed by atoms with E-state index in [0.717, 1.165) is 31.1 Å². The number of anilines is 1. The Morgan fingerprint density at radius 3 is 2.60 bits per heavy atom. The first-order chi connectivity index (χ1) is 9.69. The maximum absolute atomic E-state index is 4.61. The fraction of sp³-hybridized carbons (Fsp3) is 0.353. The van der Waals surface area contributed by atoms with Crippen molar-refractivity contribution in [1.29, 1.82) is 0 Å². The molecule has 0 saturated carbocycles. The lowest BCUT2D eigenvalue weighted by molar-refractivity contribution is 0.314. The molecule has 20 heavy (non-hydrogen) atoms. The second-order valence-electron chi connectivity index (χ2n) is 5.14. The molecule has 0 bridgehead atoms. The van der Waals surface area contributed by atoms with E-state index in [-0.39, 0.29) is 0 Å². The van der Waals surface area contributed by atoms with Gasteiger partial charge in [-0.25, -0.2) is 4.98 Å². The zero-order valence-corrected chi connectivity index (χ0v) is 12.6. The molecule has 1 N–H and O–H groups in total. The molecule has 2 aromatic rings. The van der Waals surface area contributed by atoms with Crippen LogP contribution in [0.3, 0.4) is 0 Å². The molecule has 1 aromatic carbocycles. The highest BCUT2D eigenvalue weighted by Gasteiger charge is 2.05. The molecule has 0 fully saturated rings. The lowest BCUT2D eigenvalue weighted by Gasteiger charge is -2.18. The summed E-state index contributed by atoms with van der Waals surface area (Å²) in [5, 5.41) is 3.25. The van der Waals surface area contributed by atoms with Gasteiger partial charge in [-0.15, -0.1) is 0 Å². The van der Waals surface area contributed by atoms with E-state index in [9.17, 15) is 0 Å². The normalized spacial score (nSPS) is 10.8. The van der Waals surface area contributed by atoms with Gasteiger partial charge in [0.15, 0.2) is 0 Å². The smallest absolute Gasteiger partial charge is 0.126 e. The molecule has 0 radical (unpaired) electrons. The molecule has 0 unspecified atom stereocenters. The summed E-state index contributed by atoms with van der Waals surface area (Å²) in [6.07, 6.45) is 0. The van der Waals surface area contributed by atoms with Crippen LogP contribution in [0.25, 0.3) is 0 Å². The van der Waals surface area contributed by atoms with E-state index in [1.54, 1.807) is 0 Å². The molecule has 0 amide bonds. The van der Waals surface area contributed by atoms with Crippen LogP contribution < -0.4 is 5.32 Å². The fourth-order valence-corrected chi connectivity index (χ4v) is 2.26. The lowest BCUT2D eigenvalue weighted by Crippen LogP contribution is -2.18. The molecule has 1 aromatic heterocycles. The summed E-state index contributed by atoms with van der Waals surface area (Å²) in [4.78, 5) is 6.91. The number of aromatic nitrogens is 1. The van der Waals surface area contributed by atoms with Crippen molar-refractivity contribution in [2.75, 3.05) is 18.9 Å². The summed E-state index contributed by atoms with van der Waals surface area (Å²) in [5.41, 5.74) is 3.81. The van der Waals surface area contributed by atoms with Gasteiger partial charge in [-0.3, -0.25) is 4.90 Å². The summed E-state index contributed by atoms with van der Waals surface area (Å²) in [5.74, 6) is 0.953. The molecule has 3 heteroatoms. The predicted octanol–water partition coefficient (Wildman–Crippen LogP) is 3.45. The molecule has 0 aliphatic heterocycles. The Balaban J connectivity index is 1.99. The highest BCUT2D eigenvalue weighted by molar-refractivity contribution is 5.35. The number of pyridine rings is 1. The van der Waals surface area contributed by atoms with Crippen molar-refractivity contribution in [3.8, 4) is 0 Å². The van der Waals surface area contributed by atoms with E-state index in [0.29, 0.717) is 0 Å². The molecule has 3 nitrogen and oxygen atoms in total. The van der Waals surface area contributed by atoms with Gasteiger partial charge >= 0.3 is 0 Å². The maximum atomic E-state index is 4.61. The van der Waals surface area contributed by atoms with Crippen molar-refractivity contribution in [2.45, 2.75) is 26.9 Å². The third-order valence-corrected chi connectivity index (χ3v) is 3.30. The monoisotopic (exact) mass is 269 g/mol. The fourth-order valence-electron chi connectivity index (χ4n) is 2.26. The topological polar surface area (TPSA) is 28.2 Å². The van der Waals surface area contributed by atoms with Crippen molar-refractivity contribution >= 4 is 5.82 Å². The van der Waals surface area contributed by atoms with Crippen molar-refractivity contribution < 1.29 is 0 Å². The van der Waals surface area contributed by atoms with E-state index in [1.165, 1.54) is 11.1 Å². The SMILES string of the molecule is CCNc1cccc(CN(C)Cc2ccccc2C)n1. The van der Waals surface area contributed by atoms with E-state index in [2.05, 4.69) is 72.5 Å². The van der Waals surface area contributed by atoms with Crippen LogP contribution >= 0.6 is 0 Å². The van der Waals surface area contributed by atoms with Crippen molar-refractivity contribution in [3.63, 3.8) is 0 Å². The summed E-state index contributed by atoms with van der Waals surface area (Å²) in [6, 6.07) is 14.7. The summed E-state index contributed by atoms with van der Waals surface area (Å²) in [6.45, 7) is 6.94. The van der Waals surface area contributed by atoms with Crippen LogP contribution in [0.2, 0.25) is 0 Å². The average molecular weight is 269 g/mol. The Morgan fingerprint density at radius 1 is 1.05 bits per heavy atom. The highest BCUT2D eigenvalue weighted by Crippen LogP contribution is 2.12. The van der Waals surface area contributed by atoms with Crippen LogP contribution in [0.5, 0.6) is 0 Å². The second-order valence-corrected chi connectivity index (χ2v) is 5.14. The van der Waals surface area contributed by atoms with Crippen LogP contribution in [-0.2, 0) is 13.1 Å². The van der Waals surface area contributed by atoms with Crippen molar-refractivity contribution in [3.05, 3.63) is 59.3 Å². The zero-order valence-electron chi connectivity index (χ0n) is 12.6. The Morgan fingerprint density at radius 2 is 1.85 bits per heavy atom. The van der Waals surface area contributed by atoms with Gasteiger partial charge in [-0.2, -0.15) is 0 Å². The van der Waals surface area contributed by atoms with Gasteiger partial charge in [0.2, 0.25) is 0 Å². The van der Waals surface area contributed by atoms with E-state index < -0.39 is 0 Å². The van der Waals surface area contributed by atoms with Gasteiger partial charge in [0, 0.05) is 19.6 Å².